The second-order valence-electron chi connectivity index (χ2n) is 23.1. The zero-order valence-electron chi connectivity index (χ0n) is 43.4. The number of hydrogen-bond donors (Lipinski definition) is 3. The number of aliphatic hydroxyl groups excluding tert-OH is 1. The largest absolute Gasteiger partial charge is 0.391 e. The van der Waals surface area contributed by atoms with Gasteiger partial charge in [0.05, 0.1) is 41.3 Å². The van der Waals surface area contributed by atoms with Crippen LogP contribution in [0.15, 0.2) is 41.9 Å². The summed E-state index contributed by atoms with van der Waals surface area (Å²) in [6, 6.07) is 11.5. The Labute approximate surface area is 433 Å². The van der Waals surface area contributed by atoms with Crippen molar-refractivity contribution >= 4 is 40.6 Å². The topological polar surface area (TPSA) is 148 Å². The summed E-state index contributed by atoms with van der Waals surface area (Å²) in [7, 11) is 0. The van der Waals surface area contributed by atoms with Crippen molar-refractivity contribution in [3.8, 4) is 10.4 Å². The summed E-state index contributed by atoms with van der Waals surface area (Å²) in [6.07, 6.45) is 5.70. The van der Waals surface area contributed by atoms with Crippen molar-refractivity contribution in [2.45, 2.75) is 155 Å². The Bertz CT molecular complexity index is 2640. The molecule has 4 fully saturated rings. The summed E-state index contributed by atoms with van der Waals surface area (Å²) in [5.74, 6) is 0.467. The molecule has 0 bridgehead atoms. The van der Waals surface area contributed by atoms with Crippen LogP contribution in [-0.2, 0) is 45.1 Å². The first-order valence-corrected chi connectivity index (χ1v) is 27.8. The van der Waals surface area contributed by atoms with Gasteiger partial charge in [0, 0.05) is 94.4 Å². The van der Waals surface area contributed by atoms with Crippen molar-refractivity contribution in [1.29, 1.82) is 0 Å². The number of anilines is 2. The summed E-state index contributed by atoms with van der Waals surface area (Å²) in [4.78, 5) is 54.4. The fourth-order valence-electron chi connectivity index (χ4n) is 13.0. The molecule has 0 radical (unpaired) electrons. The van der Waals surface area contributed by atoms with Crippen LogP contribution >= 0.6 is 11.3 Å². The van der Waals surface area contributed by atoms with Gasteiger partial charge in [-0.25, -0.2) is 13.8 Å². The van der Waals surface area contributed by atoms with Gasteiger partial charge in [0.2, 0.25) is 17.7 Å². The van der Waals surface area contributed by atoms with E-state index in [1.165, 1.54) is 0 Å². The van der Waals surface area contributed by atoms with E-state index in [1.54, 1.807) is 29.2 Å². The first-order valence-electron chi connectivity index (χ1n) is 26.9. The minimum Gasteiger partial charge on any atom is -0.391 e. The number of β-amino-alcohol motifs (C(OH)–C–C–N with tert-alkyl or cyclic N) is 1. The molecule has 3 saturated heterocycles. The Kier molecular flexibility index (Phi) is 15.2. The van der Waals surface area contributed by atoms with Crippen LogP contribution < -0.4 is 15.5 Å². The first-order chi connectivity index (χ1) is 35.0. The standard InChI is InChI=1S/C56H75F2N9O5S/c1-35-50(73-34-60-35)39-10-8-37(9-11-39)28-59-29-42-26-43(69)30-66(42)54(71)51(55(3,4)5)61-49(70)32-63-22-19-56(33-63)17-12-38(13-18-56)44-25-40-7-6-20-65(48(40)27-45(44)52(57)58)53-46-31-64(36(2)68)21-14-47(46)67(62-53)41-15-23-72-24-16-41/h8-11,25,27,34,38,41-43,51-52,59,69H,6-7,12-24,26,28-33H2,1-5H3,(H,61,70)/t38?,42-,43+,51+,56?/m0/s1. The van der Waals surface area contributed by atoms with Gasteiger partial charge >= 0.3 is 0 Å². The van der Waals surface area contributed by atoms with Gasteiger partial charge in [0.1, 0.15) is 6.04 Å². The second-order valence-corrected chi connectivity index (χ2v) is 24.0. The maximum absolute atomic E-state index is 15.3. The summed E-state index contributed by atoms with van der Waals surface area (Å²) in [5.41, 5.74) is 9.53. The number of hydrogen-bond acceptors (Lipinski definition) is 11. The molecule has 73 heavy (non-hydrogen) atoms. The monoisotopic (exact) mass is 1020 g/mol. The van der Waals surface area contributed by atoms with Gasteiger partial charge in [-0.3, -0.25) is 24.0 Å². The number of ether oxygens (including phenoxy) is 1. The van der Waals surface area contributed by atoms with Crippen LogP contribution in [-0.4, -0.2) is 130 Å². The number of aromatic nitrogens is 3. The lowest BCUT2D eigenvalue weighted by molar-refractivity contribution is -0.140. The average Bonchev–Trinajstić information content (AvgIpc) is 4.18. The Hall–Kier alpha value is -4.81. The van der Waals surface area contributed by atoms with E-state index >= 15 is 8.78 Å². The Balaban J connectivity index is 0.761. The Morgan fingerprint density at radius 3 is 2.47 bits per heavy atom. The fourth-order valence-corrected chi connectivity index (χ4v) is 13.8. The van der Waals surface area contributed by atoms with Crippen LogP contribution in [0.1, 0.15) is 143 Å². The molecule has 2 aromatic carbocycles. The van der Waals surface area contributed by atoms with Crippen LogP contribution in [0.3, 0.4) is 0 Å². The molecular weight excluding hydrogens is 949 g/mol. The summed E-state index contributed by atoms with van der Waals surface area (Å²) in [6.45, 7) is 15.7. The number of alkyl halides is 2. The zero-order chi connectivity index (χ0) is 51.2. The van der Waals surface area contributed by atoms with Crippen molar-refractivity contribution < 1.29 is 33.0 Å². The fraction of sp³-hybridized carbons (Fsp3) is 0.625. The van der Waals surface area contributed by atoms with Crippen molar-refractivity contribution in [1.82, 2.24) is 40.1 Å². The third-order valence-electron chi connectivity index (χ3n) is 17.1. The minimum atomic E-state index is -2.63. The molecule has 1 spiro atoms. The van der Waals surface area contributed by atoms with Crippen LogP contribution in [0.2, 0.25) is 0 Å². The van der Waals surface area contributed by atoms with E-state index in [-0.39, 0.29) is 59.8 Å². The van der Waals surface area contributed by atoms with Crippen molar-refractivity contribution in [2.24, 2.45) is 10.8 Å². The highest BCUT2D eigenvalue weighted by molar-refractivity contribution is 7.13. The SMILES string of the molecule is CC(=O)N1CCc2c(c(N3CCCc4cc(C5CCC6(CC5)CCN(CC(=O)N[C@H](C(=O)N5C[C@H](O)C[C@H]5CNCc5ccc(-c7scnc7C)cc5)C(C)(C)C)C6)c(C(F)F)cc43)nn2C2CCOCC2)C1. The van der Waals surface area contributed by atoms with E-state index in [9.17, 15) is 19.5 Å². The molecule has 5 aliphatic heterocycles. The predicted octanol–water partition coefficient (Wildman–Crippen LogP) is 8.23. The number of nitrogens with one attached hydrogen (secondary N) is 2. The number of nitrogens with zero attached hydrogens (tertiary/aromatic N) is 7. The van der Waals surface area contributed by atoms with E-state index in [1.807, 2.05) is 38.1 Å². The van der Waals surface area contributed by atoms with E-state index in [0.717, 1.165) is 126 Å². The number of aryl methyl sites for hydroxylation is 2. The number of thiazole rings is 1. The third-order valence-corrected chi connectivity index (χ3v) is 18.1. The van der Waals surface area contributed by atoms with Gasteiger partial charge in [0.25, 0.3) is 6.43 Å². The quantitative estimate of drug-likeness (QED) is 0.120. The molecule has 7 heterocycles. The highest BCUT2D eigenvalue weighted by Gasteiger charge is 2.45. The number of carbonyl (C=O) groups is 3. The molecule has 10 rings (SSSR count). The van der Waals surface area contributed by atoms with Gasteiger partial charge in [-0.15, -0.1) is 11.3 Å². The third kappa shape index (κ3) is 11.0. The molecule has 6 aliphatic rings. The van der Waals surface area contributed by atoms with E-state index in [2.05, 4.69) is 60.4 Å². The average molecular weight is 1020 g/mol. The zero-order valence-corrected chi connectivity index (χ0v) is 44.3. The molecule has 3 amide bonds. The number of carbonyl (C=O) groups excluding carboxylic acids is 3. The number of aliphatic hydroxyl groups is 1. The number of halogens is 2. The first kappa shape index (κ1) is 51.7. The lowest BCUT2D eigenvalue weighted by Crippen LogP contribution is -2.58. The number of rotatable bonds is 13. The maximum Gasteiger partial charge on any atom is 0.264 e. The van der Waals surface area contributed by atoms with Crippen molar-refractivity contribution in [3.05, 3.63) is 81.1 Å². The highest BCUT2D eigenvalue weighted by Crippen LogP contribution is 2.51. The predicted molar refractivity (Wildman–Crippen MR) is 279 cm³/mol. The van der Waals surface area contributed by atoms with Gasteiger partial charge in [0.15, 0.2) is 5.82 Å². The van der Waals surface area contributed by atoms with Crippen molar-refractivity contribution in [3.63, 3.8) is 0 Å². The molecule has 394 valence electrons. The van der Waals surface area contributed by atoms with E-state index in [4.69, 9.17) is 9.84 Å². The molecule has 17 heteroatoms. The van der Waals surface area contributed by atoms with Crippen LogP contribution in [0.4, 0.5) is 20.3 Å². The van der Waals surface area contributed by atoms with Crippen LogP contribution in [0.5, 0.6) is 0 Å². The lowest BCUT2D eigenvalue weighted by atomic mass is 9.68. The smallest absolute Gasteiger partial charge is 0.264 e. The second kappa shape index (κ2) is 21.4. The summed E-state index contributed by atoms with van der Waals surface area (Å²) >= 11 is 1.63. The van der Waals surface area contributed by atoms with Gasteiger partial charge in [-0.1, -0.05) is 51.1 Å². The molecule has 3 N–H and O–H groups in total. The number of benzene rings is 2. The molecule has 1 aliphatic carbocycles. The molecule has 1 saturated carbocycles. The van der Waals surface area contributed by atoms with Gasteiger partial charge in [-0.2, -0.15) is 5.10 Å². The van der Waals surface area contributed by atoms with Gasteiger partial charge in [-0.05, 0) is 123 Å². The summed E-state index contributed by atoms with van der Waals surface area (Å²) in [5, 5.41) is 22.7. The van der Waals surface area contributed by atoms with Gasteiger partial charge < -0.3 is 35.2 Å². The molecule has 0 unspecified atom stereocenters. The molecular formula is C56H75F2N9O5S. The van der Waals surface area contributed by atoms with E-state index in [0.29, 0.717) is 58.8 Å². The Morgan fingerprint density at radius 1 is 1.00 bits per heavy atom. The molecule has 4 aromatic rings. The normalized spacial score (nSPS) is 24.3. The Morgan fingerprint density at radius 2 is 1.77 bits per heavy atom. The van der Waals surface area contributed by atoms with Crippen molar-refractivity contribution in [2.75, 3.05) is 63.9 Å². The molecule has 3 atom stereocenters. The molecule has 2 aromatic heterocycles. The number of fused-ring (bicyclic) bond motifs is 2. The number of likely N-dealkylation sites (tertiary alicyclic amines) is 2. The van der Waals surface area contributed by atoms with Crippen LogP contribution in [0, 0.1) is 17.8 Å². The maximum atomic E-state index is 15.3. The number of amides is 3. The highest BCUT2D eigenvalue weighted by atomic mass is 32.1. The van der Waals surface area contributed by atoms with Crippen LogP contribution in [0.25, 0.3) is 10.4 Å². The molecule has 14 nitrogen and oxygen atoms in total. The summed E-state index contributed by atoms with van der Waals surface area (Å²) < 4.78 is 38.5. The minimum absolute atomic E-state index is 0.0106. The van der Waals surface area contributed by atoms with E-state index < -0.39 is 24.0 Å². The lowest BCUT2D eigenvalue weighted by Gasteiger charge is -2.39.